The molecule has 2 saturated heterocycles. The Labute approximate surface area is 184 Å². The van der Waals surface area contributed by atoms with Crippen LogP contribution < -0.4 is 4.90 Å². The first kappa shape index (κ1) is 20.5. The maximum absolute atomic E-state index is 11.5. The van der Waals surface area contributed by atoms with Crippen molar-refractivity contribution in [2.45, 2.75) is 58.2 Å². The first-order valence-electron chi connectivity index (χ1n) is 11.6. The minimum atomic E-state index is -0.403. The van der Waals surface area contributed by atoms with Crippen LogP contribution in [0.1, 0.15) is 56.7 Å². The molecule has 2 aliphatic heterocycles. The number of aromatic nitrogens is 3. The molecule has 2 aromatic heterocycles. The number of para-hydroxylation sites is 1. The van der Waals surface area contributed by atoms with Crippen LogP contribution in [0.2, 0.25) is 0 Å². The van der Waals surface area contributed by atoms with E-state index in [1.807, 2.05) is 12.3 Å². The molecule has 2 aliphatic rings. The summed E-state index contributed by atoms with van der Waals surface area (Å²) in [6, 6.07) is 10.4. The van der Waals surface area contributed by atoms with Gasteiger partial charge in [0.15, 0.2) is 0 Å². The average molecular weight is 420 g/mol. The minimum absolute atomic E-state index is 0.0312. The molecule has 1 spiro atoms. The number of rotatable bonds is 4. The van der Waals surface area contributed by atoms with E-state index in [2.05, 4.69) is 64.1 Å². The highest BCUT2D eigenvalue weighted by Crippen LogP contribution is 2.44. The summed E-state index contributed by atoms with van der Waals surface area (Å²) in [5, 5.41) is 12.7. The van der Waals surface area contributed by atoms with Gasteiger partial charge in [0.05, 0.1) is 0 Å². The zero-order valence-electron chi connectivity index (χ0n) is 18.6. The van der Waals surface area contributed by atoms with Crippen LogP contribution >= 0.6 is 0 Å². The van der Waals surface area contributed by atoms with Gasteiger partial charge in [0.2, 0.25) is 5.95 Å². The number of hydrogen-bond donors (Lipinski definition) is 2. The van der Waals surface area contributed by atoms with Gasteiger partial charge < -0.3 is 15.0 Å². The van der Waals surface area contributed by atoms with Crippen LogP contribution in [0.4, 0.5) is 5.95 Å². The number of hydrogen-bond acceptors (Lipinski definition) is 5. The molecule has 0 amide bonds. The summed E-state index contributed by atoms with van der Waals surface area (Å²) in [7, 11) is 0. The predicted octanol–water partition coefficient (Wildman–Crippen LogP) is 4.28. The van der Waals surface area contributed by atoms with E-state index in [9.17, 15) is 5.11 Å². The molecular weight excluding hydrogens is 386 g/mol. The van der Waals surface area contributed by atoms with E-state index < -0.39 is 6.23 Å². The van der Waals surface area contributed by atoms with Crippen molar-refractivity contribution in [3.8, 4) is 0 Å². The fraction of sp³-hybridized carbons (Fsp3) is 0.520. The van der Waals surface area contributed by atoms with Gasteiger partial charge in [-0.2, -0.15) is 0 Å². The molecular formula is C25H33N5O. The third-order valence-electron chi connectivity index (χ3n) is 7.36. The highest BCUT2D eigenvalue weighted by molar-refractivity contribution is 5.82. The van der Waals surface area contributed by atoms with Crippen LogP contribution in [-0.4, -0.2) is 50.8 Å². The molecule has 0 aliphatic carbocycles. The van der Waals surface area contributed by atoms with Gasteiger partial charge >= 0.3 is 0 Å². The van der Waals surface area contributed by atoms with Gasteiger partial charge in [-0.15, -0.1) is 0 Å². The Morgan fingerprint density at radius 3 is 2.74 bits per heavy atom. The standard InChI is InChI=1S/C25H33N5O/c1-18(2)21-8-12-26-24(28-21)29-14-10-25(11-15-29)9-5-13-30(23(25)31)17-19-16-27-22-7-4-3-6-20(19)22/h3-4,6-8,12,16,18,23,27,31H,5,9-11,13-15,17H2,1-2H3. The second kappa shape index (κ2) is 8.24. The average Bonchev–Trinajstić information content (AvgIpc) is 3.20. The van der Waals surface area contributed by atoms with Crippen molar-refractivity contribution in [1.29, 1.82) is 0 Å². The van der Waals surface area contributed by atoms with E-state index in [0.717, 1.165) is 69.0 Å². The number of fused-ring (bicyclic) bond motifs is 1. The molecule has 3 aromatic rings. The molecule has 1 aromatic carbocycles. The number of nitrogens with zero attached hydrogens (tertiary/aromatic N) is 4. The molecule has 0 radical (unpaired) electrons. The predicted molar refractivity (Wildman–Crippen MR) is 124 cm³/mol. The monoisotopic (exact) mass is 419 g/mol. The van der Waals surface area contributed by atoms with E-state index in [-0.39, 0.29) is 5.41 Å². The van der Waals surface area contributed by atoms with Crippen LogP contribution in [0.5, 0.6) is 0 Å². The number of aliphatic hydroxyl groups is 1. The number of H-pyrrole nitrogens is 1. The summed E-state index contributed by atoms with van der Waals surface area (Å²) in [6.45, 7) is 7.87. The highest BCUT2D eigenvalue weighted by Gasteiger charge is 2.46. The van der Waals surface area contributed by atoms with Crippen LogP contribution in [0.3, 0.4) is 0 Å². The Kier molecular flexibility index (Phi) is 5.44. The van der Waals surface area contributed by atoms with Gasteiger partial charge in [-0.3, -0.25) is 4.90 Å². The lowest BCUT2D eigenvalue weighted by Crippen LogP contribution is -2.56. The molecule has 6 nitrogen and oxygen atoms in total. The first-order chi connectivity index (χ1) is 15.1. The second-order valence-corrected chi connectivity index (χ2v) is 9.59. The van der Waals surface area contributed by atoms with E-state index >= 15 is 0 Å². The molecule has 1 unspecified atom stereocenters. The lowest BCUT2D eigenvalue weighted by atomic mass is 9.71. The molecule has 0 saturated carbocycles. The molecule has 2 N–H and O–H groups in total. The normalized spacial score (nSPS) is 21.9. The maximum atomic E-state index is 11.5. The zero-order chi connectivity index (χ0) is 21.4. The SMILES string of the molecule is CC(C)c1ccnc(N2CCC3(CCCN(Cc4c[nH]c5ccccc45)C3O)CC2)n1. The summed E-state index contributed by atoms with van der Waals surface area (Å²) in [6.07, 6.45) is 7.76. The Morgan fingerprint density at radius 2 is 1.94 bits per heavy atom. The minimum Gasteiger partial charge on any atom is -0.378 e. The Balaban J connectivity index is 1.29. The van der Waals surface area contributed by atoms with Gasteiger partial charge in [-0.1, -0.05) is 32.0 Å². The van der Waals surface area contributed by atoms with Gasteiger partial charge in [0, 0.05) is 60.6 Å². The van der Waals surface area contributed by atoms with E-state index in [4.69, 9.17) is 4.98 Å². The largest absolute Gasteiger partial charge is 0.378 e. The number of aromatic amines is 1. The van der Waals surface area contributed by atoms with Crippen LogP contribution in [0.15, 0.2) is 42.7 Å². The Hall–Kier alpha value is -2.44. The fourth-order valence-corrected chi connectivity index (χ4v) is 5.42. The summed E-state index contributed by atoms with van der Waals surface area (Å²) >= 11 is 0. The van der Waals surface area contributed by atoms with Gasteiger partial charge in [-0.25, -0.2) is 9.97 Å². The van der Waals surface area contributed by atoms with Gasteiger partial charge in [0.1, 0.15) is 6.23 Å². The number of benzene rings is 1. The number of anilines is 1. The van der Waals surface area contributed by atoms with Crippen molar-refractivity contribution in [3.63, 3.8) is 0 Å². The lowest BCUT2D eigenvalue weighted by Gasteiger charge is -2.51. The smallest absolute Gasteiger partial charge is 0.225 e. The highest BCUT2D eigenvalue weighted by atomic mass is 16.3. The number of likely N-dealkylation sites (tertiary alicyclic amines) is 1. The van der Waals surface area contributed by atoms with Crippen LogP contribution in [0, 0.1) is 5.41 Å². The van der Waals surface area contributed by atoms with Gasteiger partial charge in [0.25, 0.3) is 0 Å². The molecule has 4 heterocycles. The molecule has 1 atom stereocenters. The van der Waals surface area contributed by atoms with Crippen molar-refractivity contribution in [3.05, 3.63) is 54.0 Å². The van der Waals surface area contributed by atoms with Crippen molar-refractivity contribution < 1.29 is 5.11 Å². The van der Waals surface area contributed by atoms with Crippen molar-refractivity contribution >= 4 is 16.9 Å². The third-order valence-corrected chi connectivity index (χ3v) is 7.36. The molecule has 164 valence electrons. The summed E-state index contributed by atoms with van der Waals surface area (Å²) in [4.78, 5) is 17.3. The molecule has 5 rings (SSSR count). The fourth-order valence-electron chi connectivity index (χ4n) is 5.42. The molecule has 2 fully saturated rings. The van der Waals surface area contributed by atoms with Crippen LogP contribution in [-0.2, 0) is 6.54 Å². The first-order valence-corrected chi connectivity index (χ1v) is 11.6. The van der Waals surface area contributed by atoms with E-state index in [1.54, 1.807) is 0 Å². The summed E-state index contributed by atoms with van der Waals surface area (Å²) < 4.78 is 0. The third kappa shape index (κ3) is 3.83. The molecule has 31 heavy (non-hydrogen) atoms. The molecule has 0 bridgehead atoms. The summed E-state index contributed by atoms with van der Waals surface area (Å²) in [5.41, 5.74) is 3.49. The zero-order valence-corrected chi connectivity index (χ0v) is 18.6. The number of aliphatic hydroxyl groups excluding tert-OH is 1. The maximum Gasteiger partial charge on any atom is 0.225 e. The topological polar surface area (TPSA) is 68.3 Å². The Morgan fingerprint density at radius 1 is 1.13 bits per heavy atom. The lowest BCUT2D eigenvalue weighted by molar-refractivity contribution is -0.135. The number of piperidine rings is 2. The van der Waals surface area contributed by atoms with E-state index in [0.29, 0.717) is 5.92 Å². The van der Waals surface area contributed by atoms with E-state index in [1.165, 1.54) is 10.9 Å². The second-order valence-electron chi connectivity index (χ2n) is 9.59. The number of nitrogens with one attached hydrogen (secondary N) is 1. The molecule has 6 heteroatoms. The van der Waals surface area contributed by atoms with Crippen molar-refractivity contribution in [2.75, 3.05) is 24.5 Å². The van der Waals surface area contributed by atoms with Gasteiger partial charge in [-0.05, 0) is 49.3 Å². The summed E-state index contributed by atoms with van der Waals surface area (Å²) in [5.74, 6) is 1.23. The quantitative estimate of drug-likeness (QED) is 0.661. The Bertz CT molecular complexity index is 1040. The van der Waals surface area contributed by atoms with Crippen molar-refractivity contribution in [1.82, 2.24) is 19.9 Å². The van der Waals surface area contributed by atoms with Crippen molar-refractivity contribution in [2.24, 2.45) is 5.41 Å². The van der Waals surface area contributed by atoms with Crippen LogP contribution in [0.25, 0.3) is 10.9 Å².